The summed E-state index contributed by atoms with van der Waals surface area (Å²) in [5.41, 5.74) is 1.18. The van der Waals surface area contributed by atoms with Gasteiger partial charge in [-0.15, -0.1) is 10.2 Å². The maximum Gasteiger partial charge on any atom is 0.232 e. The van der Waals surface area contributed by atoms with Gasteiger partial charge in [0.05, 0.1) is 25.5 Å². The van der Waals surface area contributed by atoms with Gasteiger partial charge in [-0.25, -0.2) is 0 Å². The molecule has 1 aliphatic rings. The second kappa shape index (κ2) is 8.35. The third-order valence-corrected chi connectivity index (χ3v) is 4.95. The number of hydrogen-bond donors (Lipinski definition) is 0. The quantitative estimate of drug-likeness (QED) is 0.724. The average molecular weight is 361 g/mol. The third kappa shape index (κ3) is 4.52. The summed E-state index contributed by atoms with van der Waals surface area (Å²) in [6.07, 6.45) is 0. The molecule has 0 N–H and O–H groups in total. The smallest absolute Gasteiger partial charge is 0.232 e. The Bertz CT molecular complexity index is 698. The molecule has 0 atom stereocenters. The van der Waals surface area contributed by atoms with Gasteiger partial charge in [0, 0.05) is 27.2 Å². The minimum absolute atomic E-state index is 0.0622. The van der Waals surface area contributed by atoms with Crippen LogP contribution in [0.5, 0.6) is 0 Å². The highest BCUT2D eigenvalue weighted by Crippen LogP contribution is 2.24. The Morgan fingerprint density at radius 3 is 2.60 bits per heavy atom. The molecule has 3 rings (SSSR count). The van der Waals surface area contributed by atoms with E-state index in [0.717, 1.165) is 24.2 Å². The molecule has 134 valence electrons. The summed E-state index contributed by atoms with van der Waals surface area (Å²) in [4.78, 5) is 15.7. The first-order valence-corrected chi connectivity index (χ1v) is 9.26. The van der Waals surface area contributed by atoms with Crippen LogP contribution >= 0.6 is 11.8 Å². The number of carbonyl (C=O) groups excluding carboxylic acids is 1. The number of aromatic nitrogens is 3. The van der Waals surface area contributed by atoms with Crippen molar-refractivity contribution in [2.45, 2.75) is 11.7 Å². The number of carbonyl (C=O) groups is 1. The molecule has 1 aromatic heterocycles. The van der Waals surface area contributed by atoms with Crippen LogP contribution in [0.3, 0.4) is 0 Å². The van der Waals surface area contributed by atoms with E-state index >= 15 is 0 Å². The molecule has 7 nitrogen and oxygen atoms in total. The number of hydrogen-bond acceptors (Lipinski definition) is 6. The van der Waals surface area contributed by atoms with E-state index in [0.29, 0.717) is 25.5 Å². The van der Waals surface area contributed by atoms with Gasteiger partial charge in [0.2, 0.25) is 11.9 Å². The van der Waals surface area contributed by atoms with Crippen LogP contribution in [-0.2, 0) is 16.1 Å². The fourth-order valence-electron chi connectivity index (χ4n) is 2.54. The second-order valence-corrected chi connectivity index (χ2v) is 6.97. The summed E-state index contributed by atoms with van der Waals surface area (Å²) < 4.78 is 7.53. The van der Waals surface area contributed by atoms with Gasteiger partial charge in [0.25, 0.3) is 0 Å². The minimum atomic E-state index is 0.0622. The Hall–Kier alpha value is -2.06. The molecule has 1 fully saturated rings. The van der Waals surface area contributed by atoms with Crippen LogP contribution in [0.25, 0.3) is 0 Å². The lowest BCUT2D eigenvalue weighted by Crippen LogP contribution is -2.38. The molecule has 0 unspecified atom stereocenters. The number of anilines is 1. The fourth-order valence-corrected chi connectivity index (χ4v) is 3.46. The topological polar surface area (TPSA) is 63.5 Å². The van der Waals surface area contributed by atoms with Crippen LogP contribution in [0.4, 0.5) is 5.95 Å². The Balaban J connectivity index is 1.83. The highest BCUT2D eigenvalue weighted by atomic mass is 32.2. The van der Waals surface area contributed by atoms with Crippen molar-refractivity contribution in [1.29, 1.82) is 0 Å². The largest absolute Gasteiger partial charge is 0.378 e. The minimum Gasteiger partial charge on any atom is -0.378 e. The van der Waals surface area contributed by atoms with Crippen LogP contribution in [0, 0.1) is 0 Å². The van der Waals surface area contributed by atoms with E-state index in [2.05, 4.69) is 31.8 Å². The van der Waals surface area contributed by atoms with Crippen molar-refractivity contribution in [3.63, 3.8) is 0 Å². The molecular formula is C17H23N5O2S. The van der Waals surface area contributed by atoms with Gasteiger partial charge in [-0.3, -0.25) is 9.36 Å². The first-order chi connectivity index (χ1) is 12.1. The van der Waals surface area contributed by atoms with Crippen LogP contribution < -0.4 is 4.90 Å². The zero-order valence-corrected chi connectivity index (χ0v) is 15.4. The number of morpholine rings is 1. The summed E-state index contributed by atoms with van der Waals surface area (Å²) >= 11 is 1.43. The Morgan fingerprint density at radius 1 is 1.20 bits per heavy atom. The predicted molar refractivity (Wildman–Crippen MR) is 98.0 cm³/mol. The van der Waals surface area contributed by atoms with Crippen molar-refractivity contribution in [2.75, 3.05) is 51.1 Å². The Morgan fingerprint density at radius 2 is 1.92 bits per heavy atom. The van der Waals surface area contributed by atoms with Gasteiger partial charge in [-0.2, -0.15) is 0 Å². The van der Waals surface area contributed by atoms with E-state index < -0.39 is 0 Å². The van der Waals surface area contributed by atoms with Crippen LogP contribution in [0.1, 0.15) is 5.56 Å². The lowest BCUT2D eigenvalue weighted by atomic mass is 10.2. The van der Waals surface area contributed by atoms with Crippen molar-refractivity contribution in [1.82, 2.24) is 19.7 Å². The standard InChI is InChI=1S/C17H23N5O2S/c1-20(2)15(23)13-25-17-19-18-16(21-8-10-24-11-9-21)22(17)12-14-6-4-3-5-7-14/h3-7H,8-13H2,1-2H3. The number of thioether (sulfide) groups is 1. The number of benzene rings is 1. The fraction of sp³-hybridized carbons (Fsp3) is 0.471. The summed E-state index contributed by atoms with van der Waals surface area (Å²) in [7, 11) is 3.52. The normalized spacial score (nSPS) is 14.6. The third-order valence-electron chi connectivity index (χ3n) is 4.00. The molecule has 25 heavy (non-hydrogen) atoms. The van der Waals surface area contributed by atoms with E-state index in [1.54, 1.807) is 19.0 Å². The lowest BCUT2D eigenvalue weighted by molar-refractivity contribution is -0.125. The molecule has 1 aliphatic heterocycles. The lowest BCUT2D eigenvalue weighted by Gasteiger charge is -2.28. The molecular weight excluding hydrogens is 338 g/mol. The summed E-state index contributed by atoms with van der Waals surface area (Å²) in [6.45, 7) is 3.67. The van der Waals surface area contributed by atoms with E-state index in [9.17, 15) is 4.79 Å². The van der Waals surface area contributed by atoms with Gasteiger partial charge in [0.1, 0.15) is 0 Å². The molecule has 0 spiro atoms. The zero-order valence-electron chi connectivity index (χ0n) is 14.6. The Kier molecular flexibility index (Phi) is 5.93. The van der Waals surface area contributed by atoms with E-state index in [1.807, 2.05) is 18.2 Å². The number of nitrogens with zero attached hydrogens (tertiary/aromatic N) is 5. The molecule has 1 saturated heterocycles. The first-order valence-electron chi connectivity index (χ1n) is 8.28. The van der Waals surface area contributed by atoms with Gasteiger partial charge >= 0.3 is 0 Å². The maximum absolute atomic E-state index is 11.9. The predicted octanol–water partition coefficient (Wildman–Crippen LogP) is 1.34. The van der Waals surface area contributed by atoms with E-state index in [-0.39, 0.29) is 5.91 Å². The van der Waals surface area contributed by atoms with E-state index in [4.69, 9.17) is 4.74 Å². The molecule has 0 saturated carbocycles. The van der Waals surface area contributed by atoms with Gasteiger partial charge < -0.3 is 14.5 Å². The summed E-state index contributed by atoms with van der Waals surface area (Å²) in [6, 6.07) is 10.2. The monoisotopic (exact) mass is 361 g/mol. The van der Waals surface area contributed by atoms with Crippen molar-refractivity contribution in [2.24, 2.45) is 0 Å². The van der Waals surface area contributed by atoms with Gasteiger partial charge in [-0.05, 0) is 5.56 Å². The highest BCUT2D eigenvalue weighted by molar-refractivity contribution is 7.99. The van der Waals surface area contributed by atoms with Crippen molar-refractivity contribution in [3.8, 4) is 0 Å². The van der Waals surface area contributed by atoms with Gasteiger partial charge in [0.15, 0.2) is 5.16 Å². The van der Waals surface area contributed by atoms with Gasteiger partial charge in [-0.1, -0.05) is 42.1 Å². The number of rotatable bonds is 6. The van der Waals surface area contributed by atoms with Crippen LogP contribution in [0.2, 0.25) is 0 Å². The average Bonchev–Trinajstić information content (AvgIpc) is 3.03. The number of amides is 1. The molecule has 0 aliphatic carbocycles. The molecule has 8 heteroatoms. The summed E-state index contributed by atoms with van der Waals surface area (Å²) in [5, 5.41) is 9.50. The molecule has 2 heterocycles. The van der Waals surface area contributed by atoms with Crippen molar-refractivity contribution >= 4 is 23.6 Å². The highest BCUT2D eigenvalue weighted by Gasteiger charge is 2.21. The van der Waals surface area contributed by atoms with Crippen LogP contribution in [-0.4, -0.2) is 71.7 Å². The summed E-state index contributed by atoms with van der Waals surface area (Å²) in [5.74, 6) is 1.25. The first kappa shape index (κ1) is 17.8. The molecule has 0 bridgehead atoms. The van der Waals surface area contributed by atoms with E-state index in [1.165, 1.54) is 17.3 Å². The zero-order chi connectivity index (χ0) is 17.6. The molecule has 2 aromatic rings. The number of ether oxygens (including phenoxy) is 1. The van der Waals surface area contributed by atoms with Crippen molar-refractivity contribution < 1.29 is 9.53 Å². The van der Waals surface area contributed by atoms with Crippen LogP contribution in [0.15, 0.2) is 35.5 Å². The maximum atomic E-state index is 11.9. The second-order valence-electron chi connectivity index (χ2n) is 6.03. The molecule has 1 amide bonds. The molecule has 1 aromatic carbocycles. The molecule has 0 radical (unpaired) electrons. The Labute approximate surface area is 152 Å². The van der Waals surface area contributed by atoms with Crippen molar-refractivity contribution in [3.05, 3.63) is 35.9 Å². The SMILES string of the molecule is CN(C)C(=O)CSc1nnc(N2CCOCC2)n1Cc1ccccc1.